The minimum atomic E-state index is 0.188. The van der Waals surface area contributed by atoms with Crippen LogP contribution in [0.4, 0.5) is 0 Å². The first-order valence-corrected chi connectivity index (χ1v) is 7.82. The van der Waals surface area contributed by atoms with E-state index in [0.717, 1.165) is 24.4 Å². The molecule has 0 fully saturated rings. The van der Waals surface area contributed by atoms with E-state index >= 15 is 0 Å². The fraction of sp³-hybridized carbons (Fsp3) is 0.250. The molecule has 0 bridgehead atoms. The zero-order valence-electron chi connectivity index (χ0n) is 11.4. The molecule has 0 radical (unpaired) electrons. The predicted octanol–water partition coefficient (Wildman–Crippen LogP) is 2.44. The molecular weight excluding hydrogens is 280 g/mol. The van der Waals surface area contributed by atoms with E-state index in [-0.39, 0.29) is 6.04 Å². The zero-order chi connectivity index (χ0) is 14.4. The summed E-state index contributed by atoms with van der Waals surface area (Å²) < 4.78 is 2.32. The summed E-state index contributed by atoms with van der Waals surface area (Å²) in [6.45, 7) is 0.780. The number of nitrogens with zero attached hydrogens (tertiary/aromatic N) is 3. The molecule has 1 aliphatic rings. The van der Waals surface area contributed by atoms with E-state index in [4.69, 9.17) is 11.0 Å². The number of hydrogen-bond donors (Lipinski definition) is 1. The molecule has 3 aromatic rings. The van der Waals surface area contributed by atoms with Crippen LogP contribution >= 0.6 is 11.3 Å². The van der Waals surface area contributed by atoms with Crippen molar-refractivity contribution in [2.75, 3.05) is 0 Å². The lowest BCUT2D eigenvalue weighted by Crippen LogP contribution is -2.20. The topological polar surface area (TPSA) is 67.6 Å². The molecule has 2 aromatic heterocycles. The second-order valence-electron chi connectivity index (χ2n) is 5.45. The highest BCUT2D eigenvalue weighted by atomic mass is 32.1. The first-order valence-electron chi connectivity index (χ1n) is 6.94. The third-order valence-electron chi connectivity index (χ3n) is 4.11. The maximum Gasteiger partial charge on any atom is 0.112 e. The van der Waals surface area contributed by atoms with Crippen LogP contribution in [0.5, 0.6) is 0 Å². The van der Waals surface area contributed by atoms with Gasteiger partial charge in [0.1, 0.15) is 5.01 Å². The van der Waals surface area contributed by atoms with Crippen LogP contribution in [-0.4, -0.2) is 15.6 Å². The normalized spacial score (nSPS) is 17.0. The van der Waals surface area contributed by atoms with Gasteiger partial charge in [0.15, 0.2) is 0 Å². The lowest BCUT2D eigenvalue weighted by molar-refractivity contribution is 0.686. The van der Waals surface area contributed by atoms with Crippen molar-refractivity contribution in [2.45, 2.75) is 25.4 Å². The minimum absolute atomic E-state index is 0.188. The molecule has 0 aliphatic heterocycles. The highest BCUT2D eigenvalue weighted by molar-refractivity contribution is 7.09. The van der Waals surface area contributed by atoms with Gasteiger partial charge in [-0.1, -0.05) is 0 Å². The summed E-state index contributed by atoms with van der Waals surface area (Å²) in [5.74, 6) is 0. The molecular formula is C16H14N4S. The maximum absolute atomic E-state index is 9.12. The van der Waals surface area contributed by atoms with Crippen LogP contribution in [0.1, 0.15) is 21.8 Å². The lowest BCUT2D eigenvalue weighted by atomic mass is 10.1. The predicted molar refractivity (Wildman–Crippen MR) is 83.3 cm³/mol. The molecule has 1 aromatic carbocycles. The summed E-state index contributed by atoms with van der Waals surface area (Å²) in [7, 11) is 0. The van der Waals surface area contributed by atoms with Crippen LogP contribution in [0.25, 0.3) is 10.9 Å². The summed E-state index contributed by atoms with van der Waals surface area (Å²) in [5.41, 5.74) is 10.6. The van der Waals surface area contributed by atoms with E-state index in [1.165, 1.54) is 22.2 Å². The molecule has 4 nitrogen and oxygen atoms in total. The molecule has 0 unspecified atom stereocenters. The highest BCUT2D eigenvalue weighted by Crippen LogP contribution is 2.34. The second-order valence-corrected chi connectivity index (χ2v) is 6.43. The van der Waals surface area contributed by atoms with Gasteiger partial charge in [-0.25, -0.2) is 4.98 Å². The number of nitrogens with two attached hydrogens (primary N) is 1. The number of nitriles is 1. The van der Waals surface area contributed by atoms with Crippen molar-refractivity contribution in [3.63, 3.8) is 0 Å². The molecule has 0 spiro atoms. The highest BCUT2D eigenvalue weighted by Gasteiger charge is 2.26. The number of benzene rings is 1. The van der Waals surface area contributed by atoms with Crippen LogP contribution in [0, 0.1) is 11.3 Å². The fourth-order valence-electron chi connectivity index (χ4n) is 3.24. The van der Waals surface area contributed by atoms with E-state index in [9.17, 15) is 0 Å². The summed E-state index contributed by atoms with van der Waals surface area (Å²) >= 11 is 1.67. The second kappa shape index (κ2) is 4.69. The van der Waals surface area contributed by atoms with E-state index < -0.39 is 0 Å². The van der Waals surface area contributed by atoms with Crippen molar-refractivity contribution in [1.29, 1.82) is 5.26 Å². The molecule has 1 atom stereocenters. The molecule has 0 amide bonds. The largest absolute Gasteiger partial charge is 0.337 e. The molecule has 1 aliphatic carbocycles. The summed E-state index contributed by atoms with van der Waals surface area (Å²) in [6, 6.07) is 8.34. The monoisotopic (exact) mass is 294 g/mol. The lowest BCUT2D eigenvalue weighted by Gasteiger charge is -2.09. The Morgan fingerprint density at radius 1 is 1.43 bits per heavy atom. The smallest absolute Gasteiger partial charge is 0.112 e. The van der Waals surface area contributed by atoms with Gasteiger partial charge in [-0.2, -0.15) is 5.26 Å². The van der Waals surface area contributed by atoms with Crippen molar-refractivity contribution in [1.82, 2.24) is 9.55 Å². The summed E-state index contributed by atoms with van der Waals surface area (Å²) in [4.78, 5) is 4.39. The average molecular weight is 294 g/mol. The van der Waals surface area contributed by atoms with Crippen molar-refractivity contribution in [3.8, 4) is 6.07 Å². The van der Waals surface area contributed by atoms with E-state index in [1.54, 1.807) is 11.3 Å². The number of rotatable bonds is 2. The Hall–Kier alpha value is -2.16. The van der Waals surface area contributed by atoms with Crippen LogP contribution in [-0.2, 0) is 19.4 Å². The number of fused-ring (bicyclic) bond motifs is 3. The van der Waals surface area contributed by atoms with Gasteiger partial charge < -0.3 is 10.3 Å². The average Bonchev–Trinajstić information content (AvgIpc) is 3.18. The Bertz CT molecular complexity index is 855. The van der Waals surface area contributed by atoms with E-state index in [1.807, 2.05) is 29.8 Å². The van der Waals surface area contributed by atoms with Gasteiger partial charge in [0.25, 0.3) is 0 Å². The Kier molecular flexibility index (Phi) is 2.81. The van der Waals surface area contributed by atoms with Crippen molar-refractivity contribution in [3.05, 3.63) is 51.6 Å². The minimum Gasteiger partial charge on any atom is -0.337 e. The number of aromatic nitrogens is 2. The molecule has 21 heavy (non-hydrogen) atoms. The van der Waals surface area contributed by atoms with Crippen molar-refractivity contribution >= 4 is 22.2 Å². The van der Waals surface area contributed by atoms with Crippen LogP contribution < -0.4 is 5.73 Å². The summed E-state index contributed by atoms with van der Waals surface area (Å²) in [6.07, 6.45) is 3.63. The SMILES string of the molecule is N#Cc1ccc2c(c1)c1c(n2Cc2nccs2)C[C@H](N)C1. The Morgan fingerprint density at radius 2 is 2.33 bits per heavy atom. The van der Waals surface area contributed by atoms with Gasteiger partial charge in [-0.15, -0.1) is 11.3 Å². The van der Waals surface area contributed by atoms with Crippen LogP contribution in [0.3, 0.4) is 0 Å². The molecule has 5 heteroatoms. The maximum atomic E-state index is 9.12. The standard InChI is InChI=1S/C16H14N4S/c17-8-10-1-2-14-12(5-10)13-6-11(18)7-15(13)20(14)9-16-19-3-4-21-16/h1-5,11H,6-7,9,18H2/t11-/m1/s1. The van der Waals surface area contributed by atoms with E-state index in [2.05, 4.69) is 15.6 Å². The van der Waals surface area contributed by atoms with Gasteiger partial charge in [-0.3, -0.25) is 0 Å². The Labute approximate surface area is 126 Å². The molecule has 0 saturated carbocycles. The Balaban J connectivity index is 1.93. The molecule has 4 rings (SSSR count). The first-order chi connectivity index (χ1) is 10.3. The van der Waals surface area contributed by atoms with Crippen molar-refractivity contribution < 1.29 is 0 Å². The third kappa shape index (κ3) is 1.96. The molecule has 0 saturated heterocycles. The number of hydrogen-bond acceptors (Lipinski definition) is 4. The van der Waals surface area contributed by atoms with Crippen LogP contribution in [0.15, 0.2) is 29.8 Å². The van der Waals surface area contributed by atoms with Gasteiger partial charge in [0.2, 0.25) is 0 Å². The number of thiazole rings is 1. The Morgan fingerprint density at radius 3 is 3.10 bits per heavy atom. The van der Waals surface area contributed by atoms with Gasteiger partial charge in [0.05, 0.1) is 18.2 Å². The molecule has 2 heterocycles. The van der Waals surface area contributed by atoms with Crippen LogP contribution in [0.2, 0.25) is 0 Å². The molecule has 104 valence electrons. The van der Waals surface area contributed by atoms with Gasteiger partial charge >= 0.3 is 0 Å². The quantitative estimate of drug-likeness (QED) is 0.789. The zero-order valence-corrected chi connectivity index (χ0v) is 12.2. The molecule has 2 N–H and O–H groups in total. The van der Waals surface area contributed by atoms with Gasteiger partial charge in [0, 0.05) is 40.6 Å². The van der Waals surface area contributed by atoms with Crippen molar-refractivity contribution in [2.24, 2.45) is 5.73 Å². The third-order valence-corrected chi connectivity index (χ3v) is 4.88. The van der Waals surface area contributed by atoms with Gasteiger partial charge in [-0.05, 0) is 30.2 Å². The first kappa shape index (κ1) is 12.6. The summed E-state index contributed by atoms with van der Waals surface area (Å²) in [5, 5.41) is 13.4. The van der Waals surface area contributed by atoms with E-state index in [0.29, 0.717) is 5.56 Å². The fourth-order valence-corrected chi connectivity index (χ4v) is 3.84.